The van der Waals surface area contributed by atoms with Crippen molar-refractivity contribution in [2.45, 2.75) is 32.8 Å². The highest BCUT2D eigenvalue weighted by Gasteiger charge is 2.54. The molecule has 2 rings (SSSR count). The van der Waals surface area contributed by atoms with E-state index in [4.69, 9.17) is 4.74 Å². The van der Waals surface area contributed by atoms with Gasteiger partial charge < -0.3 is 4.74 Å². The van der Waals surface area contributed by atoms with Crippen molar-refractivity contribution in [3.63, 3.8) is 0 Å². The molecule has 3 atom stereocenters. The maximum absolute atomic E-state index is 5.50. The number of ether oxygens (including phenoxy) is 1. The van der Waals surface area contributed by atoms with Gasteiger partial charge in [0, 0.05) is 6.61 Å². The maximum Gasteiger partial charge on any atom is 0.0580 e. The van der Waals surface area contributed by atoms with E-state index in [-0.39, 0.29) is 0 Å². The van der Waals surface area contributed by atoms with Crippen LogP contribution in [-0.2, 0) is 4.74 Å². The molecule has 0 unspecified atom stereocenters. The van der Waals surface area contributed by atoms with Crippen molar-refractivity contribution in [3.8, 4) is 0 Å². The molecule has 0 N–H and O–H groups in total. The second kappa shape index (κ2) is 1.51. The van der Waals surface area contributed by atoms with Crippen LogP contribution in [0.4, 0.5) is 0 Å². The van der Waals surface area contributed by atoms with Gasteiger partial charge in [-0.25, -0.2) is 0 Å². The summed E-state index contributed by atoms with van der Waals surface area (Å²) < 4.78 is 5.50. The van der Waals surface area contributed by atoms with Crippen molar-refractivity contribution in [1.29, 1.82) is 0 Å². The molecular weight excluding hydrogens is 112 g/mol. The molecule has 0 amide bonds. The Kier molecular flexibility index (Phi) is 0.963. The van der Waals surface area contributed by atoms with Crippen molar-refractivity contribution in [1.82, 2.24) is 0 Å². The molecule has 0 aromatic carbocycles. The third-order valence-electron chi connectivity index (χ3n) is 3.04. The Balaban J connectivity index is 2.07. The van der Waals surface area contributed by atoms with Gasteiger partial charge in [-0.2, -0.15) is 0 Å². The van der Waals surface area contributed by atoms with Crippen LogP contribution in [0.25, 0.3) is 0 Å². The first kappa shape index (κ1) is 5.72. The van der Waals surface area contributed by atoms with Gasteiger partial charge in [-0.3, -0.25) is 0 Å². The van der Waals surface area contributed by atoms with Gasteiger partial charge >= 0.3 is 0 Å². The van der Waals surface area contributed by atoms with E-state index in [1.807, 2.05) is 0 Å². The summed E-state index contributed by atoms with van der Waals surface area (Å²) in [6.45, 7) is 5.58. The lowest BCUT2D eigenvalue weighted by Gasteiger charge is -2.23. The lowest BCUT2D eigenvalue weighted by molar-refractivity contribution is 0.00144. The van der Waals surface area contributed by atoms with E-state index in [9.17, 15) is 0 Å². The number of rotatable bonds is 0. The molecule has 1 aliphatic heterocycles. The fourth-order valence-corrected chi connectivity index (χ4v) is 2.06. The molecule has 0 bridgehead atoms. The number of hydrogen-bond acceptors (Lipinski definition) is 1. The summed E-state index contributed by atoms with van der Waals surface area (Å²) in [6.07, 6.45) is 3.25. The van der Waals surface area contributed by atoms with E-state index in [0.717, 1.165) is 12.5 Å². The second-order valence-corrected chi connectivity index (χ2v) is 3.79. The molecule has 1 nitrogen and oxygen atoms in total. The monoisotopic (exact) mass is 126 g/mol. The normalized spacial score (nSPS) is 56.7. The zero-order chi connectivity index (χ0) is 6.48. The highest BCUT2D eigenvalue weighted by Crippen LogP contribution is 2.59. The average molecular weight is 126 g/mol. The number of hydrogen-bond donors (Lipinski definition) is 0. The summed E-state index contributed by atoms with van der Waals surface area (Å²) in [6, 6.07) is 0. The third-order valence-corrected chi connectivity index (χ3v) is 3.04. The molecule has 1 aliphatic carbocycles. The first-order valence-corrected chi connectivity index (χ1v) is 3.84. The predicted molar refractivity (Wildman–Crippen MR) is 36.2 cm³/mol. The van der Waals surface area contributed by atoms with E-state index in [0.29, 0.717) is 11.5 Å². The van der Waals surface area contributed by atoms with Crippen LogP contribution in [0.15, 0.2) is 0 Å². The van der Waals surface area contributed by atoms with Crippen LogP contribution < -0.4 is 0 Å². The van der Waals surface area contributed by atoms with Gasteiger partial charge in [0.15, 0.2) is 0 Å². The van der Waals surface area contributed by atoms with Crippen LogP contribution in [0.3, 0.4) is 0 Å². The van der Waals surface area contributed by atoms with Gasteiger partial charge in [0.05, 0.1) is 6.10 Å². The minimum atomic E-state index is 0.545. The lowest BCUT2D eigenvalue weighted by Crippen LogP contribution is -2.22. The largest absolute Gasteiger partial charge is 0.378 e. The Hall–Kier alpha value is -0.0400. The van der Waals surface area contributed by atoms with Crippen molar-refractivity contribution in [2.24, 2.45) is 11.3 Å². The first-order valence-electron chi connectivity index (χ1n) is 3.84. The molecule has 2 aliphatic rings. The summed E-state index contributed by atoms with van der Waals surface area (Å²) in [5, 5.41) is 0. The zero-order valence-corrected chi connectivity index (χ0v) is 6.18. The standard InChI is InChI=1S/C8H14O/c1-6-7-5-8(7,2)3-4-9-6/h6-7H,3-5H2,1-2H3/t6-,7+,8+/m1/s1. The molecule has 0 spiro atoms. The van der Waals surface area contributed by atoms with Gasteiger partial charge in [-0.05, 0) is 31.1 Å². The highest BCUT2D eigenvalue weighted by atomic mass is 16.5. The lowest BCUT2D eigenvalue weighted by atomic mass is 9.98. The smallest absolute Gasteiger partial charge is 0.0580 e. The molecule has 1 saturated carbocycles. The van der Waals surface area contributed by atoms with Crippen molar-refractivity contribution < 1.29 is 4.74 Å². The summed E-state index contributed by atoms with van der Waals surface area (Å²) >= 11 is 0. The Morgan fingerprint density at radius 1 is 1.56 bits per heavy atom. The summed E-state index contributed by atoms with van der Waals surface area (Å²) in [5.41, 5.74) is 0.692. The van der Waals surface area contributed by atoms with Crippen LogP contribution in [0, 0.1) is 11.3 Å². The maximum atomic E-state index is 5.50. The van der Waals surface area contributed by atoms with Crippen molar-refractivity contribution >= 4 is 0 Å². The average Bonchev–Trinajstić information content (AvgIpc) is 2.43. The van der Waals surface area contributed by atoms with E-state index in [1.165, 1.54) is 12.8 Å². The van der Waals surface area contributed by atoms with E-state index in [1.54, 1.807) is 0 Å². The third kappa shape index (κ3) is 0.710. The van der Waals surface area contributed by atoms with Crippen LogP contribution in [0.5, 0.6) is 0 Å². The summed E-state index contributed by atoms with van der Waals surface area (Å²) in [5.74, 6) is 0.895. The first-order chi connectivity index (χ1) is 4.22. The minimum Gasteiger partial charge on any atom is -0.378 e. The molecular formula is C8H14O. The molecule has 0 radical (unpaired) electrons. The molecule has 1 saturated heterocycles. The molecule has 1 heteroatoms. The highest BCUT2D eigenvalue weighted by molar-refractivity contribution is 5.03. The minimum absolute atomic E-state index is 0.545. The summed E-state index contributed by atoms with van der Waals surface area (Å²) in [7, 11) is 0. The molecule has 9 heavy (non-hydrogen) atoms. The topological polar surface area (TPSA) is 9.23 Å². The van der Waals surface area contributed by atoms with Gasteiger partial charge in [0.2, 0.25) is 0 Å². The molecule has 0 aromatic heterocycles. The van der Waals surface area contributed by atoms with E-state index in [2.05, 4.69) is 13.8 Å². The molecule has 2 fully saturated rings. The summed E-state index contributed by atoms with van der Waals surface area (Å²) in [4.78, 5) is 0. The zero-order valence-electron chi connectivity index (χ0n) is 6.18. The van der Waals surface area contributed by atoms with Gasteiger partial charge in [0.25, 0.3) is 0 Å². The fourth-order valence-electron chi connectivity index (χ4n) is 2.06. The van der Waals surface area contributed by atoms with Crippen LogP contribution in [0.2, 0.25) is 0 Å². The fraction of sp³-hybridized carbons (Fsp3) is 1.00. The van der Waals surface area contributed by atoms with Crippen molar-refractivity contribution in [2.75, 3.05) is 6.61 Å². The predicted octanol–water partition coefficient (Wildman–Crippen LogP) is 1.82. The van der Waals surface area contributed by atoms with Gasteiger partial charge in [0.1, 0.15) is 0 Å². The molecule has 1 heterocycles. The van der Waals surface area contributed by atoms with E-state index < -0.39 is 0 Å². The van der Waals surface area contributed by atoms with Crippen LogP contribution in [-0.4, -0.2) is 12.7 Å². The van der Waals surface area contributed by atoms with Crippen molar-refractivity contribution in [3.05, 3.63) is 0 Å². The quantitative estimate of drug-likeness (QED) is 0.481. The van der Waals surface area contributed by atoms with E-state index >= 15 is 0 Å². The number of fused-ring (bicyclic) bond motifs is 1. The SMILES string of the molecule is C[C@H]1OCC[C@@]2(C)C[C@@H]12. The second-order valence-electron chi connectivity index (χ2n) is 3.79. The molecule has 52 valence electrons. The van der Waals surface area contributed by atoms with Gasteiger partial charge in [-0.1, -0.05) is 6.92 Å². The Morgan fingerprint density at radius 3 is 2.89 bits per heavy atom. The van der Waals surface area contributed by atoms with Crippen LogP contribution in [0.1, 0.15) is 26.7 Å². The Morgan fingerprint density at radius 2 is 2.33 bits per heavy atom. The Labute approximate surface area is 56.4 Å². The van der Waals surface area contributed by atoms with Gasteiger partial charge in [-0.15, -0.1) is 0 Å². The Bertz CT molecular complexity index is 133. The molecule has 0 aromatic rings. The van der Waals surface area contributed by atoms with Crippen LogP contribution >= 0.6 is 0 Å².